The number of nitrogens with one attached hydrogen (secondary N) is 1. The highest BCUT2D eigenvalue weighted by molar-refractivity contribution is 6.30. The molecule has 22 heavy (non-hydrogen) atoms. The zero-order valence-corrected chi connectivity index (χ0v) is 12.5. The smallest absolute Gasteiger partial charge is 0.246 e. The number of carbonyl (C=O) groups excluding carboxylic acids is 1. The van der Waals surface area contributed by atoms with Crippen LogP contribution in [0.4, 0.5) is 5.69 Å². The Kier molecular flexibility index (Phi) is 4.21. The van der Waals surface area contributed by atoms with Gasteiger partial charge in [0.05, 0.1) is 11.2 Å². The van der Waals surface area contributed by atoms with Gasteiger partial charge in [-0.15, -0.1) is 0 Å². The number of anilines is 1. The van der Waals surface area contributed by atoms with Crippen LogP contribution >= 0.6 is 11.6 Å². The topological polar surface area (TPSA) is 46.9 Å². The SMILES string of the molecule is O=C(Cn1cc(Cl)cn1)Nc1ccc(-c2ccccc2)cc1. The third-order valence-electron chi connectivity index (χ3n) is 3.18. The Morgan fingerprint density at radius 3 is 2.36 bits per heavy atom. The summed E-state index contributed by atoms with van der Waals surface area (Å²) in [6.07, 6.45) is 3.11. The van der Waals surface area contributed by atoms with Crippen LogP contribution in [0.1, 0.15) is 0 Å². The van der Waals surface area contributed by atoms with E-state index in [2.05, 4.69) is 22.5 Å². The van der Waals surface area contributed by atoms with Gasteiger partial charge in [-0.2, -0.15) is 5.10 Å². The van der Waals surface area contributed by atoms with E-state index < -0.39 is 0 Å². The summed E-state index contributed by atoms with van der Waals surface area (Å²) < 4.78 is 1.50. The lowest BCUT2D eigenvalue weighted by atomic mass is 10.1. The lowest BCUT2D eigenvalue weighted by molar-refractivity contribution is -0.116. The van der Waals surface area contributed by atoms with Crippen LogP contribution in [-0.2, 0) is 11.3 Å². The fourth-order valence-corrected chi connectivity index (χ4v) is 2.31. The third-order valence-corrected chi connectivity index (χ3v) is 3.38. The Labute approximate surface area is 133 Å². The van der Waals surface area contributed by atoms with Crippen molar-refractivity contribution in [2.45, 2.75) is 6.54 Å². The van der Waals surface area contributed by atoms with Gasteiger partial charge in [-0.05, 0) is 23.3 Å². The quantitative estimate of drug-likeness (QED) is 0.795. The summed E-state index contributed by atoms with van der Waals surface area (Å²) in [5, 5.41) is 7.32. The van der Waals surface area contributed by atoms with E-state index >= 15 is 0 Å². The predicted octanol–water partition coefficient (Wildman–Crippen LogP) is 3.84. The maximum atomic E-state index is 11.9. The molecule has 0 unspecified atom stereocenters. The Morgan fingerprint density at radius 2 is 1.73 bits per heavy atom. The van der Waals surface area contributed by atoms with Crippen LogP contribution in [0.3, 0.4) is 0 Å². The maximum absolute atomic E-state index is 11.9. The molecule has 4 nitrogen and oxygen atoms in total. The second-order valence-electron chi connectivity index (χ2n) is 4.85. The van der Waals surface area contributed by atoms with Crippen molar-refractivity contribution in [1.29, 1.82) is 0 Å². The van der Waals surface area contributed by atoms with Crippen molar-refractivity contribution in [2.24, 2.45) is 0 Å². The summed E-state index contributed by atoms with van der Waals surface area (Å²) >= 11 is 5.76. The molecule has 1 N–H and O–H groups in total. The fraction of sp³-hybridized carbons (Fsp3) is 0.0588. The fourth-order valence-electron chi connectivity index (χ4n) is 2.15. The third kappa shape index (κ3) is 3.54. The molecule has 0 bridgehead atoms. The predicted molar refractivity (Wildman–Crippen MR) is 87.7 cm³/mol. The largest absolute Gasteiger partial charge is 0.324 e. The van der Waals surface area contributed by atoms with Crippen LogP contribution in [0, 0.1) is 0 Å². The lowest BCUT2D eigenvalue weighted by Crippen LogP contribution is -2.18. The number of carbonyl (C=O) groups is 1. The maximum Gasteiger partial charge on any atom is 0.246 e. The van der Waals surface area contributed by atoms with Crippen molar-refractivity contribution in [1.82, 2.24) is 9.78 Å². The van der Waals surface area contributed by atoms with Crippen LogP contribution in [0.5, 0.6) is 0 Å². The van der Waals surface area contributed by atoms with Crippen LogP contribution in [-0.4, -0.2) is 15.7 Å². The number of aromatic nitrogens is 2. The van der Waals surface area contributed by atoms with Crippen molar-refractivity contribution < 1.29 is 4.79 Å². The molecule has 0 radical (unpaired) electrons. The van der Waals surface area contributed by atoms with Crippen molar-refractivity contribution in [3.63, 3.8) is 0 Å². The van der Waals surface area contributed by atoms with E-state index in [0.717, 1.165) is 16.8 Å². The summed E-state index contributed by atoms with van der Waals surface area (Å²) in [5.41, 5.74) is 3.01. The van der Waals surface area contributed by atoms with E-state index in [4.69, 9.17) is 11.6 Å². The highest BCUT2D eigenvalue weighted by atomic mass is 35.5. The molecule has 0 aliphatic carbocycles. The van der Waals surface area contributed by atoms with Crippen LogP contribution in [0.15, 0.2) is 67.0 Å². The minimum atomic E-state index is -0.146. The number of nitrogens with zero attached hydrogens (tertiary/aromatic N) is 2. The Balaban J connectivity index is 1.65. The zero-order valence-electron chi connectivity index (χ0n) is 11.7. The minimum absolute atomic E-state index is 0.132. The number of amides is 1. The second-order valence-corrected chi connectivity index (χ2v) is 5.28. The van der Waals surface area contributed by atoms with E-state index in [1.54, 1.807) is 6.20 Å². The molecule has 0 atom stereocenters. The monoisotopic (exact) mass is 311 g/mol. The summed E-state index contributed by atoms with van der Waals surface area (Å²) in [6, 6.07) is 17.8. The van der Waals surface area contributed by atoms with Gasteiger partial charge in [-0.1, -0.05) is 54.1 Å². The van der Waals surface area contributed by atoms with Gasteiger partial charge < -0.3 is 5.32 Å². The first-order chi connectivity index (χ1) is 10.7. The molecule has 110 valence electrons. The van der Waals surface area contributed by atoms with Gasteiger partial charge in [-0.3, -0.25) is 9.48 Å². The second kappa shape index (κ2) is 6.45. The Hall–Kier alpha value is -2.59. The summed E-state index contributed by atoms with van der Waals surface area (Å²) in [7, 11) is 0. The van der Waals surface area contributed by atoms with Gasteiger partial charge in [0.25, 0.3) is 0 Å². The minimum Gasteiger partial charge on any atom is -0.324 e. The molecule has 0 saturated carbocycles. The molecule has 5 heteroatoms. The molecule has 0 saturated heterocycles. The first-order valence-corrected chi connectivity index (χ1v) is 7.22. The van der Waals surface area contributed by atoms with Crippen molar-refractivity contribution >= 4 is 23.2 Å². The van der Waals surface area contributed by atoms with E-state index in [0.29, 0.717) is 5.02 Å². The molecule has 1 heterocycles. The molecule has 2 aromatic carbocycles. The summed E-state index contributed by atoms with van der Waals surface area (Å²) in [4.78, 5) is 11.9. The normalized spacial score (nSPS) is 10.4. The van der Waals surface area contributed by atoms with Gasteiger partial charge >= 0.3 is 0 Å². The van der Waals surface area contributed by atoms with Crippen LogP contribution < -0.4 is 5.32 Å². The molecule has 1 aromatic heterocycles. The molecule has 1 amide bonds. The first kappa shape index (κ1) is 14.4. The van der Waals surface area contributed by atoms with Crippen molar-refractivity contribution in [3.8, 4) is 11.1 Å². The molecular formula is C17H14ClN3O. The van der Waals surface area contributed by atoms with E-state index in [-0.39, 0.29) is 12.5 Å². The van der Waals surface area contributed by atoms with Crippen molar-refractivity contribution in [2.75, 3.05) is 5.32 Å². The van der Waals surface area contributed by atoms with Gasteiger partial charge in [0.1, 0.15) is 6.54 Å². The Bertz CT molecular complexity index is 766. The van der Waals surface area contributed by atoms with E-state index in [1.807, 2.05) is 42.5 Å². The molecule has 3 rings (SSSR count). The molecule has 3 aromatic rings. The van der Waals surface area contributed by atoms with Gasteiger partial charge in [-0.25, -0.2) is 0 Å². The summed E-state index contributed by atoms with van der Waals surface area (Å²) in [5.74, 6) is -0.146. The first-order valence-electron chi connectivity index (χ1n) is 6.84. The van der Waals surface area contributed by atoms with Crippen LogP contribution in [0.25, 0.3) is 11.1 Å². The highest BCUT2D eigenvalue weighted by Crippen LogP contribution is 2.21. The molecule has 0 aliphatic heterocycles. The zero-order chi connectivity index (χ0) is 15.4. The molecule has 0 spiro atoms. The highest BCUT2D eigenvalue weighted by Gasteiger charge is 2.05. The molecular weight excluding hydrogens is 298 g/mol. The average Bonchev–Trinajstić information content (AvgIpc) is 2.94. The number of hydrogen-bond donors (Lipinski definition) is 1. The Morgan fingerprint density at radius 1 is 1.05 bits per heavy atom. The van der Waals surface area contributed by atoms with E-state index in [1.165, 1.54) is 10.9 Å². The van der Waals surface area contributed by atoms with Gasteiger partial charge in [0.2, 0.25) is 5.91 Å². The lowest BCUT2D eigenvalue weighted by Gasteiger charge is -2.07. The summed E-state index contributed by atoms with van der Waals surface area (Å²) in [6.45, 7) is 0.132. The van der Waals surface area contributed by atoms with Crippen LogP contribution in [0.2, 0.25) is 5.02 Å². The number of halogens is 1. The van der Waals surface area contributed by atoms with Gasteiger partial charge in [0, 0.05) is 11.9 Å². The molecule has 0 fully saturated rings. The van der Waals surface area contributed by atoms with E-state index in [9.17, 15) is 4.79 Å². The molecule has 0 aliphatic rings. The van der Waals surface area contributed by atoms with Gasteiger partial charge in [0.15, 0.2) is 0 Å². The number of hydrogen-bond acceptors (Lipinski definition) is 2. The van der Waals surface area contributed by atoms with Crippen molar-refractivity contribution in [3.05, 3.63) is 72.0 Å². The standard InChI is InChI=1S/C17H14ClN3O/c18-15-10-19-21(11-15)12-17(22)20-16-8-6-14(7-9-16)13-4-2-1-3-5-13/h1-11H,12H2,(H,20,22). The number of rotatable bonds is 4. The average molecular weight is 312 g/mol. The number of benzene rings is 2.